The molecule has 2 aromatic carbocycles. The van der Waals surface area contributed by atoms with Crippen LogP contribution >= 0.6 is 0 Å². The Kier molecular flexibility index (Phi) is 4.44. The summed E-state index contributed by atoms with van der Waals surface area (Å²) in [6.07, 6.45) is 3.55. The zero-order valence-corrected chi connectivity index (χ0v) is 13.4. The van der Waals surface area contributed by atoms with Crippen LogP contribution < -0.4 is 4.74 Å². The van der Waals surface area contributed by atoms with E-state index in [-0.39, 0.29) is 6.61 Å². The predicted octanol–water partition coefficient (Wildman–Crippen LogP) is 3.41. The summed E-state index contributed by atoms with van der Waals surface area (Å²) in [5.74, 6) is 0.864. The third kappa shape index (κ3) is 3.43. The fraction of sp³-hybridized carbons (Fsp3) is 0.211. The van der Waals surface area contributed by atoms with Gasteiger partial charge in [-0.05, 0) is 41.3 Å². The minimum atomic E-state index is 0.0219. The number of ether oxygens (including phenoxy) is 1. The number of hydrogen-bond acceptors (Lipinski definition) is 3. The Morgan fingerprint density at radius 2 is 1.87 bits per heavy atom. The molecule has 0 atom stereocenters. The molecule has 118 valence electrons. The quantitative estimate of drug-likeness (QED) is 0.786. The van der Waals surface area contributed by atoms with E-state index < -0.39 is 0 Å². The zero-order chi connectivity index (χ0) is 16.2. The second-order valence-corrected chi connectivity index (χ2v) is 5.58. The number of aliphatic hydroxyl groups is 1. The van der Waals surface area contributed by atoms with Crippen molar-refractivity contribution >= 4 is 0 Å². The smallest absolute Gasteiger partial charge is 0.119 e. The van der Waals surface area contributed by atoms with Crippen LogP contribution in [0.4, 0.5) is 0 Å². The Morgan fingerprint density at radius 1 is 1.09 bits per heavy atom. The highest BCUT2D eigenvalue weighted by molar-refractivity contribution is 5.69. The number of aliphatic hydroxyl groups excluding tert-OH is 1. The lowest BCUT2D eigenvalue weighted by Gasteiger charge is -2.10. The summed E-state index contributed by atoms with van der Waals surface area (Å²) in [7, 11) is 1.68. The molecule has 23 heavy (non-hydrogen) atoms. The number of rotatable bonds is 5. The summed E-state index contributed by atoms with van der Waals surface area (Å²) in [5.41, 5.74) is 5.56. The maximum atomic E-state index is 9.08. The molecule has 4 heteroatoms. The van der Waals surface area contributed by atoms with E-state index in [0.29, 0.717) is 6.54 Å². The number of methoxy groups -OCH3 is 1. The maximum absolute atomic E-state index is 9.08. The minimum absolute atomic E-state index is 0.0219. The number of nitrogens with zero attached hydrogens (tertiary/aromatic N) is 2. The summed E-state index contributed by atoms with van der Waals surface area (Å²) in [6.45, 7) is 2.81. The highest BCUT2D eigenvalue weighted by Crippen LogP contribution is 2.27. The first kappa shape index (κ1) is 15.3. The molecule has 1 aromatic heterocycles. The van der Waals surface area contributed by atoms with Crippen LogP contribution in [-0.2, 0) is 13.2 Å². The van der Waals surface area contributed by atoms with Gasteiger partial charge in [0.1, 0.15) is 5.75 Å². The van der Waals surface area contributed by atoms with Gasteiger partial charge in [-0.3, -0.25) is 4.68 Å². The van der Waals surface area contributed by atoms with E-state index in [4.69, 9.17) is 9.84 Å². The second kappa shape index (κ2) is 6.67. The van der Waals surface area contributed by atoms with Crippen LogP contribution in [0.3, 0.4) is 0 Å². The summed E-state index contributed by atoms with van der Waals surface area (Å²) < 4.78 is 7.15. The van der Waals surface area contributed by atoms with E-state index in [1.807, 2.05) is 16.9 Å². The van der Waals surface area contributed by atoms with Crippen LogP contribution in [0.15, 0.2) is 54.9 Å². The second-order valence-electron chi connectivity index (χ2n) is 5.58. The van der Waals surface area contributed by atoms with Crippen molar-refractivity contribution in [3.63, 3.8) is 0 Å². The van der Waals surface area contributed by atoms with Gasteiger partial charge in [-0.1, -0.05) is 30.3 Å². The van der Waals surface area contributed by atoms with Gasteiger partial charge in [-0.15, -0.1) is 0 Å². The fourth-order valence-corrected chi connectivity index (χ4v) is 2.59. The van der Waals surface area contributed by atoms with E-state index in [1.165, 1.54) is 22.3 Å². The van der Waals surface area contributed by atoms with E-state index in [0.717, 1.165) is 11.3 Å². The van der Waals surface area contributed by atoms with Crippen molar-refractivity contribution in [1.29, 1.82) is 0 Å². The molecule has 0 aliphatic carbocycles. The third-order valence-corrected chi connectivity index (χ3v) is 3.92. The summed E-state index contributed by atoms with van der Waals surface area (Å²) in [4.78, 5) is 0. The van der Waals surface area contributed by atoms with Gasteiger partial charge >= 0.3 is 0 Å². The molecule has 3 aromatic rings. The van der Waals surface area contributed by atoms with E-state index >= 15 is 0 Å². The molecule has 0 aliphatic rings. The maximum Gasteiger partial charge on any atom is 0.119 e. The molecule has 4 nitrogen and oxygen atoms in total. The first-order valence-corrected chi connectivity index (χ1v) is 7.56. The average Bonchev–Trinajstić information content (AvgIpc) is 3.04. The van der Waals surface area contributed by atoms with Gasteiger partial charge in [0.15, 0.2) is 0 Å². The molecule has 0 radical (unpaired) electrons. The van der Waals surface area contributed by atoms with Gasteiger partial charge in [0.2, 0.25) is 0 Å². The van der Waals surface area contributed by atoms with Crippen LogP contribution in [0.25, 0.3) is 11.1 Å². The summed E-state index contributed by atoms with van der Waals surface area (Å²) in [5, 5.41) is 13.3. The Labute approximate surface area is 136 Å². The van der Waals surface area contributed by atoms with Crippen LogP contribution in [0.1, 0.15) is 16.7 Å². The molecule has 0 unspecified atom stereocenters. The summed E-state index contributed by atoms with van der Waals surface area (Å²) >= 11 is 0. The highest BCUT2D eigenvalue weighted by atomic mass is 16.5. The van der Waals surface area contributed by atoms with Crippen LogP contribution in [-0.4, -0.2) is 22.0 Å². The van der Waals surface area contributed by atoms with E-state index in [2.05, 4.69) is 48.4 Å². The van der Waals surface area contributed by atoms with Crippen molar-refractivity contribution in [2.24, 2.45) is 0 Å². The molecule has 0 spiro atoms. The first-order chi connectivity index (χ1) is 11.2. The van der Waals surface area contributed by atoms with E-state index in [9.17, 15) is 0 Å². The average molecular weight is 308 g/mol. The normalized spacial score (nSPS) is 10.7. The molecule has 0 bridgehead atoms. The molecular formula is C19H20N2O2. The molecule has 1 heterocycles. The number of aromatic nitrogens is 2. The van der Waals surface area contributed by atoms with E-state index in [1.54, 1.807) is 13.3 Å². The highest BCUT2D eigenvalue weighted by Gasteiger charge is 2.05. The third-order valence-electron chi connectivity index (χ3n) is 3.92. The lowest BCUT2D eigenvalue weighted by Crippen LogP contribution is -1.99. The molecule has 0 aliphatic heterocycles. The lowest BCUT2D eigenvalue weighted by molar-refractivity contribution is 0.281. The van der Waals surface area contributed by atoms with Crippen molar-refractivity contribution < 1.29 is 9.84 Å². The predicted molar refractivity (Wildman–Crippen MR) is 90.4 cm³/mol. The fourth-order valence-electron chi connectivity index (χ4n) is 2.59. The molecule has 0 amide bonds. The van der Waals surface area contributed by atoms with Crippen molar-refractivity contribution in [2.45, 2.75) is 20.1 Å². The first-order valence-electron chi connectivity index (χ1n) is 7.56. The van der Waals surface area contributed by atoms with Crippen LogP contribution in [0.2, 0.25) is 0 Å². The molecule has 3 rings (SSSR count). The van der Waals surface area contributed by atoms with Gasteiger partial charge < -0.3 is 9.84 Å². The molecule has 0 saturated carbocycles. The number of aryl methyl sites for hydroxylation is 1. The zero-order valence-electron chi connectivity index (χ0n) is 13.4. The van der Waals surface area contributed by atoms with Crippen molar-refractivity contribution in [2.75, 3.05) is 7.11 Å². The van der Waals surface area contributed by atoms with Gasteiger partial charge in [0, 0.05) is 11.8 Å². The van der Waals surface area contributed by atoms with Gasteiger partial charge in [0.05, 0.1) is 26.5 Å². The van der Waals surface area contributed by atoms with Gasteiger partial charge in [-0.2, -0.15) is 5.10 Å². The standard InChI is InChI=1S/C19H20N2O2/c1-14-3-8-18(23-2)9-19(14)17-6-4-15(5-7-17)11-21-12-16(13-22)10-20-21/h3-10,12,22H,11,13H2,1-2H3. The van der Waals surface area contributed by atoms with Crippen molar-refractivity contribution in [3.8, 4) is 16.9 Å². The monoisotopic (exact) mass is 308 g/mol. The number of hydrogen-bond donors (Lipinski definition) is 1. The molecule has 1 N–H and O–H groups in total. The Bertz CT molecular complexity index is 791. The Balaban J connectivity index is 1.81. The summed E-state index contributed by atoms with van der Waals surface area (Å²) in [6, 6.07) is 14.6. The molecular weight excluding hydrogens is 288 g/mol. The number of benzene rings is 2. The molecule has 0 saturated heterocycles. The lowest BCUT2D eigenvalue weighted by atomic mass is 9.99. The van der Waals surface area contributed by atoms with Crippen LogP contribution in [0, 0.1) is 6.92 Å². The van der Waals surface area contributed by atoms with Gasteiger partial charge in [0.25, 0.3) is 0 Å². The van der Waals surface area contributed by atoms with Crippen molar-refractivity contribution in [1.82, 2.24) is 9.78 Å². The minimum Gasteiger partial charge on any atom is -0.497 e. The Morgan fingerprint density at radius 3 is 2.52 bits per heavy atom. The van der Waals surface area contributed by atoms with Gasteiger partial charge in [-0.25, -0.2) is 0 Å². The Hall–Kier alpha value is -2.59. The SMILES string of the molecule is COc1ccc(C)c(-c2ccc(Cn3cc(CO)cn3)cc2)c1. The molecule has 0 fully saturated rings. The topological polar surface area (TPSA) is 47.3 Å². The van der Waals surface area contributed by atoms with Crippen LogP contribution in [0.5, 0.6) is 5.75 Å². The largest absolute Gasteiger partial charge is 0.497 e. The van der Waals surface area contributed by atoms with Crippen molar-refractivity contribution in [3.05, 3.63) is 71.5 Å².